The Labute approximate surface area is 115 Å². The van der Waals surface area contributed by atoms with Crippen molar-refractivity contribution in [2.75, 3.05) is 0 Å². The fraction of sp³-hybridized carbons (Fsp3) is 0.357. The number of aromatic nitrogens is 1. The quantitative estimate of drug-likeness (QED) is 0.623. The van der Waals surface area contributed by atoms with Crippen LogP contribution in [-0.2, 0) is 7.05 Å². The number of halogens is 2. The van der Waals surface area contributed by atoms with Crippen molar-refractivity contribution < 1.29 is 4.79 Å². The molecular formula is C14H13Cl2NO. The molecule has 2 aromatic rings. The average molecular weight is 282 g/mol. The Bertz CT molecular complexity index is 611. The van der Waals surface area contributed by atoms with Gasteiger partial charge in [-0.15, -0.1) is 23.2 Å². The van der Waals surface area contributed by atoms with Crippen molar-refractivity contribution in [3.63, 3.8) is 0 Å². The zero-order valence-electron chi connectivity index (χ0n) is 9.94. The summed E-state index contributed by atoms with van der Waals surface area (Å²) in [4.78, 5) is 12.1. The Morgan fingerprint density at radius 1 is 1.28 bits per heavy atom. The standard InChI is InChI=1S/C14H13Cl2NO/c1-17-5-4-8-6-9(2-3-11(8)17)12(18)7-10-13(15)14(10)16/h2-6,10,13-14H,7H2,1H3. The fourth-order valence-corrected chi connectivity index (χ4v) is 3.08. The molecule has 2 unspecified atom stereocenters. The predicted octanol–water partition coefficient (Wildman–Crippen LogP) is 3.60. The first-order valence-corrected chi connectivity index (χ1v) is 6.81. The van der Waals surface area contributed by atoms with Crippen molar-refractivity contribution in [1.82, 2.24) is 4.57 Å². The van der Waals surface area contributed by atoms with E-state index in [9.17, 15) is 4.79 Å². The van der Waals surface area contributed by atoms with Crippen molar-refractivity contribution in [2.45, 2.75) is 17.2 Å². The van der Waals surface area contributed by atoms with E-state index in [4.69, 9.17) is 23.2 Å². The van der Waals surface area contributed by atoms with Gasteiger partial charge in [-0.05, 0) is 24.3 Å². The zero-order chi connectivity index (χ0) is 12.9. The third-order valence-corrected chi connectivity index (χ3v) is 4.93. The molecule has 0 spiro atoms. The largest absolute Gasteiger partial charge is 0.351 e. The molecule has 1 heterocycles. The molecule has 1 aliphatic carbocycles. The number of aryl methyl sites for hydroxylation is 1. The molecule has 1 saturated carbocycles. The summed E-state index contributed by atoms with van der Waals surface area (Å²) in [5.74, 6) is 0.256. The number of rotatable bonds is 3. The number of carbonyl (C=O) groups is 1. The smallest absolute Gasteiger partial charge is 0.163 e. The fourth-order valence-electron chi connectivity index (χ4n) is 2.31. The van der Waals surface area contributed by atoms with Gasteiger partial charge in [0.2, 0.25) is 0 Å². The summed E-state index contributed by atoms with van der Waals surface area (Å²) < 4.78 is 2.04. The molecule has 1 aliphatic rings. The first-order chi connectivity index (χ1) is 8.58. The SMILES string of the molecule is Cn1ccc2cc(C(=O)CC3C(Cl)C3Cl)ccc21. The van der Waals surface area contributed by atoms with Gasteiger partial charge in [0.05, 0.1) is 10.8 Å². The predicted molar refractivity (Wildman–Crippen MR) is 74.6 cm³/mol. The van der Waals surface area contributed by atoms with Crippen LogP contribution in [0.3, 0.4) is 0 Å². The molecule has 94 valence electrons. The molecule has 18 heavy (non-hydrogen) atoms. The molecule has 1 fully saturated rings. The molecule has 1 aromatic heterocycles. The van der Waals surface area contributed by atoms with Gasteiger partial charge in [-0.25, -0.2) is 0 Å². The van der Waals surface area contributed by atoms with Crippen LogP contribution in [0.1, 0.15) is 16.8 Å². The Morgan fingerprint density at radius 2 is 2.00 bits per heavy atom. The summed E-state index contributed by atoms with van der Waals surface area (Å²) in [6.07, 6.45) is 2.43. The molecule has 0 aliphatic heterocycles. The lowest BCUT2D eigenvalue weighted by atomic mass is 10.0. The van der Waals surface area contributed by atoms with E-state index in [2.05, 4.69) is 0 Å². The second-order valence-electron chi connectivity index (χ2n) is 4.88. The second kappa shape index (κ2) is 4.29. The lowest BCUT2D eigenvalue weighted by molar-refractivity contribution is 0.0976. The van der Waals surface area contributed by atoms with Gasteiger partial charge < -0.3 is 4.57 Å². The van der Waals surface area contributed by atoms with E-state index in [0.29, 0.717) is 6.42 Å². The third kappa shape index (κ3) is 1.94. The minimum Gasteiger partial charge on any atom is -0.351 e. The summed E-state index contributed by atoms with van der Waals surface area (Å²) in [5.41, 5.74) is 1.87. The van der Waals surface area contributed by atoms with Crippen LogP contribution in [0, 0.1) is 5.92 Å². The van der Waals surface area contributed by atoms with E-state index >= 15 is 0 Å². The van der Waals surface area contributed by atoms with Crippen LogP contribution in [0.15, 0.2) is 30.5 Å². The van der Waals surface area contributed by atoms with E-state index in [0.717, 1.165) is 16.5 Å². The van der Waals surface area contributed by atoms with E-state index in [1.165, 1.54) is 0 Å². The van der Waals surface area contributed by atoms with Crippen molar-refractivity contribution >= 4 is 39.9 Å². The number of Topliss-reactive ketones (excluding diaryl/α,β-unsaturated/α-hetero) is 1. The van der Waals surface area contributed by atoms with Crippen LogP contribution < -0.4 is 0 Å². The van der Waals surface area contributed by atoms with Gasteiger partial charge in [0, 0.05) is 42.0 Å². The zero-order valence-corrected chi connectivity index (χ0v) is 11.4. The Morgan fingerprint density at radius 3 is 2.67 bits per heavy atom. The van der Waals surface area contributed by atoms with Gasteiger partial charge in [-0.3, -0.25) is 4.79 Å². The molecule has 0 N–H and O–H groups in total. The number of hydrogen-bond donors (Lipinski definition) is 0. The molecule has 0 radical (unpaired) electrons. The maximum absolute atomic E-state index is 12.1. The molecule has 1 aromatic carbocycles. The highest BCUT2D eigenvalue weighted by atomic mass is 35.5. The van der Waals surface area contributed by atoms with Gasteiger partial charge in [-0.1, -0.05) is 0 Å². The van der Waals surface area contributed by atoms with Crippen molar-refractivity contribution in [3.8, 4) is 0 Å². The van der Waals surface area contributed by atoms with Crippen LogP contribution in [0.4, 0.5) is 0 Å². The lowest BCUT2D eigenvalue weighted by Crippen LogP contribution is -2.01. The minimum atomic E-state index is -0.0453. The maximum Gasteiger partial charge on any atom is 0.163 e. The van der Waals surface area contributed by atoms with Gasteiger partial charge >= 0.3 is 0 Å². The van der Waals surface area contributed by atoms with Gasteiger partial charge in [0.15, 0.2) is 5.78 Å². The number of hydrogen-bond acceptors (Lipinski definition) is 1. The average Bonchev–Trinajstić information content (AvgIpc) is 2.77. The summed E-state index contributed by atoms with van der Waals surface area (Å²) in [7, 11) is 1.99. The Hall–Kier alpha value is -0.990. The summed E-state index contributed by atoms with van der Waals surface area (Å²) >= 11 is 11.9. The first-order valence-electron chi connectivity index (χ1n) is 5.94. The van der Waals surface area contributed by atoms with E-state index < -0.39 is 0 Å². The number of ketones is 1. The number of benzene rings is 1. The maximum atomic E-state index is 12.1. The molecule has 2 nitrogen and oxygen atoms in total. The van der Waals surface area contributed by atoms with Crippen molar-refractivity contribution in [2.24, 2.45) is 13.0 Å². The number of alkyl halides is 2. The normalized spacial score (nSPS) is 26.5. The summed E-state index contributed by atoms with van der Waals surface area (Å²) in [6, 6.07) is 7.80. The van der Waals surface area contributed by atoms with Gasteiger partial charge in [-0.2, -0.15) is 0 Å². The molecule has 4 heteroatoms. The van der Waals surface area contributed by atoms with Crippen LogP contribution in [0.5, 0.6) is 0 Å². The van der Waals surface area contributed by atoms with Crippen molar-refractivity contribution in [1.29, 1.82) is 0 Å². The Kier molecular flexibility index (Phi) is 2.87. The number of fused-ring (bicyclic) bond motifs is 1. The molecular weight excluding hydrogens is 269 g/mol. The van der Waals surface area contributed by atoms with Crippen LogP contribution in [-0.4, -0.2) is 21.1 Å². The highest BCUT2D eigenvalue weighted by Crippen LogP contribution is 2.44. The molecule has 2 atom stereocenters. The number of nitrogens with zero attached hydrogens (tertiary/aromatic N) is 1. The third-order valence-electron chi connectivity index (χ3n) is 3.61. The molecule has 3 rings (SSSR count). The van der Waals surface area contributed by atoms with Gasteiger partial charge in [0.25, 0.3) is 0 Å². The molecule has 0 saturated heterocycles. The summed E-state index contributed by atoms with van der Waals surface area (Å²) in [6.45, 7) is 0. The molecule has 0 amide bonds. The van der Waals surface area contributed by atoms with Crippen molar-refractivity contribution in [3.05, 3.63) is 36.0 Å². The van der Waals surface area contributed by atoms with Gasteiger partial charge in [0.1, 0.15) is 0 Å². The van der Waals surface area contributed by atoms with E-state index in [-0.39, 0.29) is 22.5 Å². The summed E-state index contributed by atoms with van der Waals surface area (Å²) in [5, 5.41) is 0.996. The molecule has 0 bridgehead atoms. The monoisotopic (exact) mass is 281 g/mol. The van der Waals surface area contributed by atoms with E-state index in [1.54, 1.807) is 0 Å². The number of carbonyl (C=O) groups excluding carboxylic acids is 1. The Balaban J connectivity index is 1.83. The minimum absolute atomic E-state index is 0.0453. The van der Waals surface area contributed by atoms with Crippen LogP contribution in [0.2, 0.25) is 0 Å². The lowest BCUT2D eigenvalue weighted by Gasteiger charge is -2.01. The topological polar surface area (TPSA) is 22.0 Å². The second-order valence-corrected chi connectivity index (χ2v) is 5.89. The van der Waals surface area contributed by atoms with E-state index in [1.807, 2.05) is 42.1 Å². The first kappa shape index (κ1) is 12.1. The highest BCUT2D eigenvalue weighted by molar-refractivity contribution is 6.35. The highest BCUT2D eigenvalue weighted by Gasteiger charge is 2.48. The van der Waals surface area contributed by atoms with Crippen LogP contribution >= 0.6 is 23.2 Å². The van der Waals surface area contributed by atoms with Crippen LogP contribution in [0.25, 0.3) is 10.9 Å².